The summed E-state index contributed by atoms with van der Waals surface area (Å²) in [6.07, 6.45) is 0.979. The standard InChI is InChI=1S/C11H14FN3O/c1-6-5-9(6)14-11(16)7-3-2-4-8(12)10(7)15-13/h2-4,6,9,15H,5,13H2,1H3,(H,14,16). The molecule has 1 saturated carbocycles. The molecule has 5 heteroatoms. The molecule has 2 rings (SSSR count). The average Bonchev–Trinajstić information content (AvgIpc) is 2.93. The first-order chi connectivity index (χ1) is 7.63. The van der Waals surface area contributed by atoms with E-state index in [0.717, 1.165) is 6.42 Å². The third-order valence-electron chi connectivity index (χ3n) is 2.83. The molecule has 1 amide bonds. The summed E-state index contributed by atoms with van der Waals surface area (Å²) in [5, 5.41) is 2.82. The van der Waals surface area contributed by atoms with Crippen LogP contribution in [0.2, 0.25) is 0 Å². The zero-order valence-corrected chi connectivity index (χ0v) is 8.96. The number of halogens is 1. The van der Waals surface area contributed by atoms with Crippen LogP contribution in [0.1, 0.15) is 23.7 Å². The van der Waals surface area contributed by atoms with Crippen LogP contribution in [-0.2, 0) is 0 Å². The summed E-state index contributed by atoms with van der Waals surface area (Å²) in [5.74, 6) is 4.88. The maximum Gasteiger partial charge on any atom is 0.253 e. The number of hydrazine groups is 1. The summed E-state index contributed by atoms with van der Waals surface area (Å²) in [6.45, 7) is 2.05. The van der Waals surface area contributed by atoms with Crippen LogP contribution in [-0.4, -0.2) is 11.9 Å². The molecule has 1 fully saturated rings. The zero-order valence-electron chi connectivity index (χ0n) is 8.96. The van der Waals surface area contributed by atoms with Crippen molar-refractivity contribution in [3.8, 4) is 0 Å². The number of benzene rings is 1. The first-order valence-electron chi connectivity index (χ1n) is 5.19. The van der Waals surface area contributed by atoms with Crippen molar-refractivity contribution >= 4 is 11.6 Å². The van der Waals surface area contributed by atoms with Gasteiger partial charge in [0.25, 0.3) is 5.91 Å². The summed E-state index contributed by atoms with van der Waals surface area (Å²) in [5.41, 5.74) is 2.49. The first-order valence-corrected chi connectivity index (χ1v) is 5.19. The Hall–Kier alpha value is -1.62. The molecule has 1 aliphatic rings. The minimum Gasteiger partial charge on any atom is -0.349 e. The van der Waals surface area contributed by atoms with Crippen LogP contribution in [0.4, 0.5) is 10.1 Å². The Morgan fingerprint density at radius 1 is 1.56 bits per heavy atom. The maximum atomic E-state index is 13.3. The third-order valence-corrected chi connectivity index (χ3v) is 2.83. The van der Waals surface area contributed by atoms with Crippen LogP contribution in [0.15, 0.2) is 18.2 Å². The van der Waals surface area contributed by atoms with Crippen molar-refractivity contribution < 1.29 is 9.18 Å². The Morgan fingerprint density at radius 3 is 2.81 bits per heavy atom. The lowest BCUT2D eigenvalue weighted by atomic mass is 10.1. The van der Waals surface area contributed by atoms with Gasteiger partial charge in [-0.3, -0.25) is 10.6 Å². The highest BCUT2D eigenvalue weighted by Gasteiger charge is 2.34. The lowest BCUT2D eigenvalue weighted by molar-refractivity contribution is 0.0949. The Balaban J connectivity index is 2.18. The van der Waals surface area contributed by atoms with Crippen LogP contribution >= 0.6 is 0 Å². The number of rotatable bonds is 3. The average molecular weight is 223 g/mol. The Labute approximate surface area is 93.0 Å². The number of anilines is 1. The highest BCUT2D eigenvalue weighted by Crippen LogP contribution is 2.30. The van der Waals surface area contributed by atoms with Crippen LogP contribution in [0.5, 0.6) is 0 Å². The molecule has 1 aliphatic carbocycles. The third kappa shape index (κ3) is 1.99. The van der Waals surface area contributed by atoms with E-state index in [9.17, 15) is 9.18 Å². The molecule has 1 aromatic carbocycles. The SMILES string of the molecule is CC1CC1NC(=O)c1cccc(F)c1NN. The lowest BCUT2D eigenvalue weighted by Gasteiger charge is -2.09. The van der Waals surface area contributed by atoms with Gasteiger partial charge < -0.3 is 10.7 Å². The van der Waals surface area contributed by atoms with Gasteiger partial charge in [-0.2, -0.15) is 0 Å². The van der Waals surface area contributed by atoms with Gasteiger partial charge in [0.05, 0.1) is 11.3 Å². The maximum absolute atomic E-state index is 13.3. The van der Waals surface area contributed by atoms with Gasteiger partial charge >= 0.3 is 0 Å². The molecule has 2 atom stereocenters. The zero-order chi connectivity index (χ0) is 11.7. The summed E-state index contributed by atoms with van der Waals surface area (Å²) < 4.78 is 13.3. The highest BCUT2D eigenvalue weighted by atomic mass is 19.1. The second kappa shape index (κ2) is 4.09. The second-order valence-electron chi connectivity index (χ2n) is 4.10. The predicted molar refractivity (Wildman–Crippen MR) is 59.2 cm³/mol. The molecule has 2 unspecified atom stereocenters. The molecule has 4 N–H and O–H groups in total. The van der Waals surface area contributed by atoms with E-state index in [1.807, 2.05) is 0 Å². The minimum absolute atomic E-state index is 0.0355. The number of nitrogen functional groups attached to an aromatic ring is 1. The largest absolute Gasteiger partial charge is 0.349 e. The number of amides is 1. The van der Waals surface area contributed by atoms with E-state index in [-0.39, 0.29) is 23.2 Å². The summed E-state index contributed by atoms with van der Waals surface area (Å²) >= 11 is 0. The number of carbonyl (C=O) groups is 1. The van der Waals surface area contributed by atoms with Crippen LogP contribution in [0.25, 0.3) is 0 Å². The number of para-hydroxylation sites is 1. The summed E-state index contributed by atoms with van der Waals surface area (Å²) in [4.78, 5) is 11.8. The number of hydrogen-bond acceptors (Lipinski definition) is 3. The molecule has 0 spiro atoms. The van der Waals surface area contributed by atoms with Crippen LogP contribution in [0, 0.1) is 11.7 Å². The van der Waals surface area contributed by atoms with Crippen molar-refractivity contribution in [2.24, 2.45) is 11.8 Å². The number of nitrogens with two attached hydrogens (primary N) is 1. The fourth-order valence-electron chi connectivity index (χ4n) is 1.63. The van der Waals surface area contributed by atoms with Gasteiger partial charge in [0, 0.05) is 6.04 Å². The van der Waals surface area contributed by atoms with E-state index >= 15 is 0 Å². The summed E-state index contributed by atoms with van der Waals surface area (Å²) in [7, 11) is 0. The molecule has 0 saturated heterocycles. The Morgan fingerprint density at radius 2 is 2.25 bits per heavy atom. The first kappa shape index (κ1) is 10.9. The highest BCUT2D eigenvalue weighted by molar-refractivity contribution is 5.99. The van der Waals surface area contributed by atoms with Crippen molar-refractivity contribution in [1.29, 1.82) is 0 Å². The van der Waals surface area contributed by atoms with Gasteiger partial charge in [-0.15, -0.1) is 0 Å². The van der Waals surface area contributed by atoms with Gasteiger partial charge in [0.1, 0.15) is 5.82 Å². The molecule has 0 aromatic heterocycles. The van der Waals surface area contributed by atoms with Crippen molar-refractivity contribution in [2.45, 2.75) is 19.4 Å². The van der Waals surface area contributed by atoms with Gasteiger partial charge in [0.2, 0.25) is 0 Å². The molecule has 86 valence electrons. The summed E-state index contributed by atoms with van der Waals surface area (Å²) in [6, 6.07) is 4.50. The van der Waals surface area contributed by atoms with Crippen LogP contribution in [0.3, 0.4) is 0 Å². The minimum atomic E-state index is -0.529. The monoisotopic (exact) mass is 223 g/mol. The van der Waals surface area contributed by atoms with Crippen molar-refractivity contribution in [3.05, 3.63) is 29.6 Å². The molecular weight excluding hydrogens is 209 g/mol. The van der Waals surface area contributed by atoms with E-state index < -0.39 is 5.82 Å². The van der Waals surface area contributed by atoms with E-state index in [2.05, 4.69) is 17.7 Å². The molecule has 0 bridgehead atoms. The van der Waals surface area contributed by atoms with E-state index in [0.29, 0.717) is 5.92 Å². The quantitative estimate of drug-likeness (QED) is 0.533. The predicted octanol–water partition coefficient (Wildman–Crippen LogP) is 1.25. The van der Waals surface area contributed by atoms with Gasteiger partial charge in [-0.1, -0.05) is 13.0 Å². The molecular formula is C11H14FN3O. The van der Waals surface area contributed by atoms with E-state index in [4.69, 9.17) is 5.84 Å². The van der Waals surface area contributed by atoms with Gasteiger partial charge in [-0.25, -0.2) is 4.39 Å². The van der Waals surface area contributed by atoms with Gasteiger partial charge in [-0.05, 0) is 24.5 Å². The number of nitrogens with one attached hydrogen (secondary N) is 2. The molecule has 0 radical (unpaired) electrons. The van der Waals surface area contributed by atoms with Crippen molar-refractivity contribution in [2.75, 3.05) is 5.43 Å². The number of hydrogen-bond donors (Lipinski definition) is 3. The fourth-order valence-corrected chi connectivity index (χ4v) is 1.63. The van der Waals surface area contributed by atoms with Crippen molar-refractivity contribution in [3.63, 3.8) is 0 Å². The number of carbonyl (C=O) groups excluding carboxylic acids is 1. The topological polar surface area (TPSA) is 67.2 Å². The van der Waals surface area contributed by atoms with E-state index in [1.165, 1.54) is 12.1 Å². The lowest BCUT2D eigenvalue weighted by Crippen LogP contribution is -2.28. The molecule has 0 aliphatic heterocycles. The fraction of sp³-hybridized carbons (Fsp3) is 0.364. The van der Waals surface area contributed by atoms with Crippen molar-refractivity contribution in [1.82, 2.24) is 5.32 Å². The van der Waals surface area contributed by atoms with Gasteiger partial charge in [0.15, 0.2) is 0 Å². The molecule has 4 nitrogen and oxygen atoms in total. The smallest absolute Gasteiger partial charge is 0.253 e. The Kier molecular flexibility index (Phi) is 2.78. The molecule has 16 heavy (non-hydrogen) atoms. The normalized spacial score (nSPS) is 22.7. The second-order valence-corrected chi connectivity index (χ2v) is 4.10. The van der Waals surface area contributed by atoms with E-state index in [1.54, 1.807) is 6.07 Å². The van der Waals surface area contributed by atoms with Crippen LogP contribution < -0.4 is 16.6 Å². The molecule has 0 heterocycles. The Bertz CT molecular complexity index is 422. The molecule has 1 aromatic rings.